The fourth-order valence-electron chi connectivity index (χ4n) is 2.41. The van der Waals surface area contributed by atoms with E-state index in [9.17, 15) is 4.79 Å². The molecule has 0 unspecified atom stereocenters. The number of halogens is 3. The second-order valence-corrected chi connectivity index (χ2v) is 6.80. The summed E-state index contributed by atoms with van der Waals surface area (Å²) in [5, 5.41) is 3.22. The normalized spacial score (nSPS) is 10.7. The second-order valence-electron chi connectivity index (χ2n) is 5.48. The van der Waals surface area contributed by atoms with Crippen molar-refractivity contribution in [2.75, 3.05) is 18.5 Å². The largest absolute Gasteiger partial charge is 0.499 e. The predicted molar refractivity (Wildman–Crippen MR) is 108 cm³/mol. The van der Waals surface area contributed by atoms with Gasteiger partial charge < -0.3 is 15.0 Å². The minimum Gasteiger partial charge on any atom is -0.499 e. The number of rotatable bonds is 8. The number of hydrogen-bond acceptors (Lipinski definition) is 5. The first-order valence-electron chi connectivity index (χ1n) is 8.03. The van der Waals surface area contributed by atoms with Crippen LogP contribution < -0.4 is 10.8 Å². The van der Waals surface area contributed by atoms with E-state index >= 15 is 4.39 Å². The lowest BCUT2D eigenvalue weighted by Gasteiger charge is -2.15. The van der Waals surface area contributed by atoms with Gasteiger partial charge >= 0.3 is 0 Å². The van der Waals surface area contributed by atoms with Crippen molar-refractivity contribution in [1.82, 2.24) is 15.4 Å². The van der Waals surface area contributed by atoms with Crippen molar-refractivity contribution < 1.29 is 18.8 Å². The molecule has 7 nitrogen and oxygen atoms in total. The van der Waals surface area contributed by atoms with E-state index in [-0.39, 0.29) is 30.0 Å². The summed E-state index contributed by atoms with van der Waals surface area (Å²) in [6.07, 6.45) is 2.60. The maximum Gasteiger partial charge on any atom is 0.277 e. The van der Waals surface area contributed by atoms with Crippen LogP contribution in [0.2, 0.25) is 5.02 Å². The first kappa shape index (κ1) is 20.1. The van der Waals surface area contributed by atoms with Crippen LogP contribution in [0.4, 0.5) is 15.8 Å². The van der Waals surface area contributed by atoms with Gasteiger partial charge in [0.2, 0.25) is 0 Å². The first-order chi connectivity index (χ1) is 13.5. The number of ether oxygens (including phenoxy) is 1. The van der Waals surface area contributed by atoms with E-state index in [4.69, 9.17) is 21.2 Å². The molecule has 0 aliphatic rings. The van der Waals surface area contributed by atoms with Crippen LogP contribution in [0.5, 0.6) is 0 Å². The van der Waals surface area contributed by atoms with Gasteiger partial charge in [-0.05, 0) is 24.3 Å². The van der Waals surface area contributed by atoms with Crippen molar-refractivity contribution in [1.29, 1.82) is 0 Å². The highest BCUT2D eigenvalue weighted by Crippen LogP contribution is 2.33. The van der Waals surface area contributed by atoms with Crippen molar-refractivity contribution in [3.05, 3.63) is 64.3 Å². The van der Waals surface area contributed by atoms with Crippen LogP contribution in [-0.2, 0) is 9.57 Å². The van der Waals surface area contributed by atoms with Crippen LogP contribution in [0.25, 0.3) is 11.0 Å². The molecule has 0 bridgehead atoms. The Bertz CT molecular complexity index is 1030. The van der Waals surface area contributed by atoms with Gasteiger partial charge in [0.1, 0.15) is 18.7 Å². The monoisotopic (exact) mass is 468 g/mol. The predicted octanol–water partition coefficient (Wildman–Crippen LogP) is 4.68. The summed E-state index contributed by atoms with van der Waals surface area (Å²) in [7, 11) is 0. The summed E-state index contributed by atoms with van der Waals surface area (Å²) in [5.74, 6) is -1.34. The number of carbonyl (C=O) groups excluding carboxylic acids is 1. The van der Waals surface area contributed by atoms with E-state index in [2.05, 4.69) is 43.3 Å². The van der Waals surface area contributed by atoms with Crippen molar-refractivity contribution in [2.24, 2.45) is 0 Å². The number of nitrogens with zero attached hydrogens (tertiary/aromatic N) is 1. The van der Waals surface area contributed by atoms with E-state index in [1.807, 2.05) is 0 Å². The first-order valence-corrected chi connectivity index (χ1v) is 9.20. The summed E-state index contributed by atoms with van der Waals surface area (Å²) in [4.78, 5) is 24.4. The lowest BCUT2D eigenvalue weighted by molar-refractivity contribution is 0.0145. The topological polar surface area (TPSA) is 88.3 Å². The number of hydrogen-bond donors (Lipinski definition) is 3. The van der Waals surface area contributed by atoms with Crippen LogP contribution in [-0.4, -0.2) is 29.1 Å². The smallest absolute Gasteiger partial charge is 0.277 e. The van der Waals surface area contributed by atoms with Crippen LogP contribution >= 0.6 is 27.5 Å². The highest BCUT2D eigenvalue weighted by Gasteiger charge is 2.21. The van der Waals surface area contributed by atoms with Gasteiger partial charge in [-0.1, -0.05) is 34.1 Å². The average Bonchev–Trinajstić information content (AvgIpc) is 3.14. The number of benzene rings is 2. The molecule has 10 heteroatoms. The third-order valence-electron chi connectivity index (χ3n) is 3.68. The number of amides is 1. The molecule has 3 rings (SSSR count). The van der Waals surface area contributed by atoms with Gasteiger partial charge in [-0.15, -0.1) is 0 Å². The number of fused-ring (bicyclic) bond motifs is 1. The number of anilines is 2. The van der Waals surface area contributed by atoms with Gasteiger partial charge in [0.05, 0.1) is 40.1 Å². The van der Waals surface area contributed by atoms with Crippen LogP contribution in [0, 0.1) is 5.82 Å². The zero-order chi connectivity index (χ0) is 20.1. The minimum absolute atomic E-state index is 0.0119. The van der Waals surface area contributed by atoms with E-state index in [1.54, 1.807) is 18.2 Å². The number of aromatic amines is 1. The van der Waals surface area contributed by atoms with E-state index in [0.29, 0.717) is 16.2 Å². The van der Waals surface area contributed by atoms with Crippen molar-refractivity contribution in [2.45, 2.75) is 0 Å². The third kappa shape index (κ3) is 4.44. The lowest BCUT2D eigenvalue weighted by Crippen LogP contribution is -2.26. The van der Waals surface area contributed by atoms with Gasteiger partial charge in [0.25, 0.3) is 5.91 Å². The number of carbonyl (C=O) groups is 1. The molecule has 0 spiro atoms. The molecule has 1 heterocycles. The van der Waals surface area contributed by atoms with E-state index in [1.165, 1.54) is 18.7 Å². The van der Waals surface area contributed by atoms with E-state index < -0.39 is 11.7 Å². The molecule has 0 saturated heterocycles. The molecule has 0 aliphatic heterocycles. The molecule has 28 heavy (non-hydrogen) atoms. The number of aromatic nitrogens is 2. The maximum absolute atomic E-state index is 15.1. The number of H-pyrrole nitrogens is 1. The number of nitrogens with one attached hydrogen (secondary N) is 3. The van der Waals surface area contributed by atoms with E-state index in [0.717, 1.165) is 4.47 Å². The quantitative estimate of drug-likeness (QED) is 0.253. The molecular weight excluding hydrogens is 455 g/mol. The average molecular weight is 470 g/mol. The Morgan fingerprint density at radius 3 is 2.96 bits per heavy atom. The van der Waals surface area contributed by atoms with Crippen LogP contribution in [0.15, 0.2) is 47.9 Å². The molecule has 0 fully saturated rings. The molecule has 3 N–H and O–H groups in total. The SMILES string of the molecule is C=COCCONC(=O)c1cc2[nH]cnc2c(F)c1Nc1ccc(Br)cc1Cl. The molecular formula is C18H15BrClFN4O3. The summed E-state index contributed by atoms with van der Waals surface area (Å²) in [5.41, 5.74) is 3.07. The highest BCUT2D eigenvalue weighted by molar-refractivity contribution is 9.10. The Hall–Kier alpha value is -2.62. The van der Waals surface area contributed by atoms with Crippen molar-refractivity contribution >= 4 is 55.8 Å². The van der Waals surface area contributed by atoms with Crippen LogP contribution in [0.1, 0.15) is 10.4 Å². The molecule has 1 aromatic heterocycles. The van der Waals surface area contributed by atoms with Gasteiger partial charge in [-0.3, -0.25) is 9.63 Å². The summed E-state index contributed by atoms with van der Waals surface area (Å²) < 4.78 is 20.7. The van der Waals surface area contributed by atoms with Gasteiger partial charge in [-0.25, -0.2) is 14.9 Å². The number of hydroxylamine groups is 1. The second kappa shape index (κ2) is 9.05. The summed E-state index contributed by atoms with van der Waals surface area (Å²) in [6.45, 7) is 3.70. The van der Waals surface area contributed by atoms with Crippen molar-refractivity contribution in [3.63, 3.8) is 0 Å². The fourth-order valence-corrected chi connectivity index (χ4v) is 3.13. The zero-order valence-corrected chi connectivity index (χ0v) is 16.7. The molecule has 1 amide bonds. The van der Waals surface area contributed by atoms with Gasteiger partial charge in [0.15, 0.2) is 5.82 Å². The Balaban J connectivity index is 1.92. The molecule has 0 radical (unpaired) electrons. The standard InChI is InChI=1S/C18H15BrClFN4O3/c1-2-27-5-6-28-25-18(26)11-8-14-17(23-9-22-14)15(21)16(11)24-13-4-3-10(19)7-12(13)20/h2-4,7-9,24H,1,5-6H2,(H,22,23)(H,25,26). The third-order valence-corrected chi connectivity index (χ3v) is 4.48. The van der Waals surface area contributed by atoms with Gasteiger partial charge in [-0.2, -0.15) is 0 Å². The molecule has 0 saturated carbocycles. The molecule has 146 valence electrons. The molecule has 2 aromatic carbocycles. The van der Waals surface area contributed by atoms with Crippen LogP contribution in [0.3, 0.4) is 0 Å². The fraction of sp³-hybridized carbons (Fsp3) is 0.111. The zero-order valence-electron chi connectivity index (χ0n) is 14.4. The molecule has 0 atom stereocenters. The van der Waals surface area contributed by atoms with Crippen molar-refractivity contribution in [3.8, 4) is 0 Å². The number of imidazole rings is 1. The Morgan fingerprint density at radius 1 is 1.39 bits per heavy atom. The minimum atomic E-state index is -0.696. The maximum atomic E-state index is 15.1. The lowest BCUT2D eigenvalue weighted by atomic mass is 10.1. The highest BCUT2D eigenvalue weighted by atomic mass is 79.9. The molecule has 3 aromatic rings. The Kier molecular flexibility index (Phi) is 6.50. The van der Waals surface area contributed by atoms with Gasteiger partial charge in [0, 0.05) is 4.47 Å². The summed E-state index contributed by atoms with van der Waals surface area (Å²) >= 11 is 9.52. The Morgan fingerprint density at radius 2 is 2.21 bits per heavy atom. The molecule has 0 aliphatic carbocycles. The summed E-state index contributed by atoms with van der Waals surface area (Å²) in [6, 6.07) is 6.52. The Labute approximate surface area is 173 Å².